The van der Waals surface area contributed by atoms with Gasteiger partial charge in [0.25, 0.3) is 0 Å². The van der Waals surface area contributed by atoms with Crippen LogP contribution >= 0.6 is 0 Å². The van der Waals surface area contributed by atoms with Crippen LogP contribution in [0.3, 0.4) is 0 Å². The number of carbonyl (C=O) groups is 1. The van der Waals surface area contributed by atoms with E-state index in [4.69, 9.17) is 15.1 Å². The van der Waals surface area contributed by atoms with Gasteiger partial charge in [0.2, 0.25) is 0 Å². The Morgan fingerprint density at radius 2 is 1.85 bits per heavy atom. The van der Waals surface area contributed by atoms with Crippen LogP contribution in [-0.4, -0.2) is 11.1 Å². The number of benzene rings is 2. The van der Waals surface area contributed by atoms with Gasteiger partial charge >= 0.3 is 5.97 Å². The molecule has 100 valence electrons. The van der Waals surface area contributed by atoms with Gasteiger partial charge in [0.05, 0.1) is 6.07 Å². The van der Waals surface area contributed by atoms with Crippen LogP contribution in [0.15, 0.2) is 54.6 Å². The Kier molecular flexibility index (Phi) is 4.35. The molecule has 0 aliphatic carbocycles. The van der Waals surface area contributed by atoms with Gasteiger partial charge in [-0.2, -0.15) is 5.26 Å². The van der Waals surface area contributed by atoms with E-state index in [1.54, 1.807) is 30.3 Å². The van der Waals surface area contributed by atoms with E-state index >= 15 is 0 Å². The number of carboxylic acids is 1. The molecule has 0 aliphatic heterocycles. The summed E-state index contributed by atoms with van der Waals surface area (Å²) in [5.41, 5.74) is 0.757. The van der Waals surface area contributed by atoms with Crippen molar-refractivity contribution in [2.45, 2.75) is 6.42 Å². The molecule has 1 atom stereocenters. The molecule has 0 bridgehead atoms. The highest BCUT2D eigenvalue weighted by atomic mass is 16.5. The van der Waals surface area contributed by atoms with Crippen molar-refractivity contribution in [3.8, 4) is 17.6 Å². The van der Waals surface area contributed by atoms with E-state index in [0.717, 1.165) is 5.56 Å². The molecular formula is C16H13NO3. The number of para-hydroxylation sites is 1. The first kappa shape index (κ1) is 13.6. The van der Waals surface area contributed by atoms with Gasteiger partial charge in [-0.15, -0.1) is 0 Å². The van der Waals surface area contributed by atoms with Crippen molar-refractivity contribution in [1.29, 1.82) is 5.26 Å². The maximum absolute atomic E-state index is 10.9. The number of carboxylic acid groups (broad SMARTS) is 1. The van der Waals surface area contributed by atoms with Crippen LogP contribution in [0.4, 0.5) is 0 Å². The smallest absolute Gasteiger partial charge is 0.321 e. The number of nitrogens with zero attached hydrogens (tertiary/aromatic N) is 1. The van der Waals surface area contributed by atoms with E-state index in [1.807, 2.05) is 30.3 Å². The maximum Gasteiger partial charge on any atom is 0.321 e. The SMILES string of the molecule is N#C[C@H](Cc1cccc(Oc2ccccc2)c1)C(=O)O. The quantitative estimate of drug-likeness (QED) is 0.902. The average molecular weight is 267 g/mol. The molecule has 20 heavy (non-hydrogen) atoms. The molecule has 1 N–H and O–H groups in total. The van der Waals surface area contributed by atoms with Gasteiger partial charge in [-0.25, -0.2) is 0 Å². The fraction of sp³-hybridized carbons (Fsp3) is 0.125. The van der Waals surface area contributed by atoms with Crippen LogP contribution in [0.25, 0.3) is 0 Å². The zero-order valence-electron chi connectivity index (χ0n) is 10.7. The van der Waals surface area contributed by atoms with Gasteiger partial charge in [0.1, 0.15) is 17.4 Å². The van der Waals surface area contributed by atoms with E-state index in [1.165, 1.54) is 0 Å². The molecule has 4 nitrogen and oxygen atoms in total. The van der Waals surface area contributed by atoms with E-state index in [9.17, 15) is 4.79 Å². The van der Waals surface area contributed by atoms with E-state index < -0.39 is 11.9 Å². The summed E-state index contributed by atoms with van der Waals surface area (Å²) in [5.74, 6) is -0.820. The molecule has 0 radical (unpaired) electrons. The Morgan fingerprint density at radius 3 is 2.50 bits per heavy atom. The molecule has 2 rings (SSSR count). The predicted octanol–water partition coefficient (Wildman–Crippen LogP) is 3.25. The number of hydrogen-bond acceptors (Lipinski definition) is 3. The van der Waals surface area contributed by atoms with Crippen LogP contribution in [0.2, 0.25) is 0 Å². The summed E-state index contributed by atoms with van der Waals surface area (Å²) < 4.78 is 5.66. The molecule has 0 heterocycles. The molecule has 0 saturated carbocycles. The molecule has 0 unspecified atom stereocenters. The second-order valence-electron chi connectivity index (χ2n) is 4.29. The Bertz CT molecular complexity index is 632. The van der Waals surface area contributed by atoms with Crippen LogP contribution in [-0.2, 0) is 11.2 Å². The first-order chi connectivity index (χ1) is 9.69. The highest BCUT2D eigenvalue weighted by Crippen LogP contribution is 2.22. The molecular weight excluding hydrogens is 254 g/mol. The third-order valence-corrected chi connectivity index (χ3v) is 2.77. The van der Waals surface area contributed by atoms with Crippen molar-refractivity contribution < 1.29 is 14.6 Å². The third kappa shape index (κ3) is 3.59. The predicted molar refractivity (Wildman–Crippen MR) is 73.4 cm³/mol. The average Bonchev–Trinajstić information content (AvgIpc) is 2.46. The van der Waals surface area contributed by atoms with Gasteiger partial charge in [-0.3, -0.25) is 4.79 Å². The second kappa shape index (κ2) is 6.39. The van der Waals surface area contributed by atoms with Crippen LogP contribution in [0.5, 0.6) is 11.5 Å². The summed E-state index contributed by atoms with van der Waals surface area (Å²) in [5, 5.41) is 17.7. The second-order valence-corrected chi connectivity index (χ2v) is 4.29. The Balaban J connectivity index is 2.12. The fourth-order valence-electron chi connectivity index (χ4n) is 1.78. The van der Waals surface area contributed by atoms with E-state index in [2.05, 4.69) is 0 Å². The molecule has 0 saturated heterocycles. The van der Waals surface area contributed by atoms with Gasteiger partial charge in [-0.1, -0.05) is 30.3 Å². The minimum Gasteiger partial charge on any atom is -0.480 e. The van der Waals surface area contributed by atoms with Crippen molar-refractivity contribution in [2.75, 3.05) is 0 Å². The largest absolute Gasteiger partial charge is 0.480 e. The number of rotatable bonds is 5. The summed E-state index contributed by atoms with van der Waals surface area (Å²) >= 11 is 0. The van der Waals surface area contributed by atoms with Gasteiger partial charge in [0.15, 0.2) is 0 Å². The van der Waals surface area contributed by atoms with Crippen molar-refractivity contribution in [1.82, 2.24) is 0 Å². The Morgan fingerprint density at radius 1 is 1.15 bits per heavy atom. The summed E-state index contributed by atoms with van der Waals surface area (Å²) in [6.07, 6.45) is 0.165. The Hall–Kier alpha value is -2.80. The zero-order chi connectivity index (χ0) is 14.4. The molecule has 0 aromatic heterocycles. The minimum absolute atomic E-state index is 0.165. The van der Waals surface area contributed by atoms with Crippen molar-refractivity contribution >= 4 is 5.97 Å². The molecule has 0 aliphatic rings. The molecule has 0 spiro atoms. The lowest BCUT2D eigenvalue weighted by molar-refractivity contribution is -0.139. The summed E-state index contributed by atoms with van der Waals surface area (Å²) in [6, 6.07) is 18.2. The highest BCUT2D eigenvalue weighted by molar-refractivity contribution is 5.73. The lowest BCUT2D eigenvalue weighted by Crippen LogP contribution is -2.14. The number of hydrogen-bond donors (Lipinski definition) is 1. The summed E-state index contributed by atoms with van der Waals surface area (Å²) in [7, 11) is 0. The first-order valence-electron chi connectivity index (χ1n) is 6.13. The molecule has 2 aromatic rings. The lowest BCUT2D eigenvalue weighted by Gasteiger charge is -2.08. The number of ether oxygens (including phenoxy) is 1. The topological polar surface area (TPSA) is 70.3 Å². The summed E-state index contributed by atoms with van der Waals surface area (Å²) in [4.78, 5) is 10.9. The van der Waals surface area contributed by atoms with E-state index in [-0.39, 0.29) is 6.42 Å². The normalized spacial score (nSPS) is 11.3. The van der Waals surface area contributed by atoms with Crippen molar-refractivity contribution in [3.05, 3.63) is 60.2 Å². The maximum atomic E-state index is 10.9. The van der Waals surface area contributed by atoms with Crippen LogP contribution in [0.1, 0.15) is 5.56 Å². The molecule has 2 aromatic carbocycles. The fourth-order valence-corrected chi connectivity index (χ4v) is 1.78. The number of nitriles is 1. The molecule has 0 amide bonds. The van der Waals surface area contributed by atoms with Crippen LogP contribution < -0.4 is 4.74 Å². The summed E-state index contributed by atoms with van der Waals surface area (Å²) in [6.45, 7) is 0. The van der Waals surface area contributed by atoms with Crippen molar-refractivity contribution in [2.24, 2.45) is 5.92 Å². The van der Waals surface area contributed by atoms with Gasteiger partial charge in [-0.05, 0) is 36.2 Å². The standard InChI is InChI=1S/C16H13NO3/c17-11-13(16(18)19)9-12-5-4-8-15(10-12)20-14-6-2-1-3-7-14/h1-8,10,13H,9H2,(H,18,19)/t13-/m0/s1. The van der Waals surface area contributed by atoms with Gasteiger partial charge < -0.3 is 9.84 Å². The lowest BCUT2D eigenvalue weighted by atomic mass is 10.0. The number of aliphatic carboxylic acids is 1. The Labute approximate surface area is 116 Å². The monoisotopic (exact) mass is 267 g/mol. The molecule has 4 heteroatoms. The first-order valence-corrected chi connectivity index (χ1v) is 6.13. The third-order valence-electron chi connectivity index (χ3n) is 2.77. The van der Waals surface area contributed by atoms with E-state index in [0.29, 0.717) is 11.5 Å². The zero-order valence-corrected chi connectivity index (χ0v) is 10.7. The van der Waals surface area contributed by atoms with Crippen molar-refractivity contribution in [3.63, 3.8) is 0 Å². The minimum atomic E-state index is -1.11. The van der Waals surface area contributed by atoms with Gasteiger partial charge in [0, 0.05) is 0 Å². The van der Waals surface area contributed by atoms with Crippen LogP contribution in [0, 0.1) is 17.2 Å². The molecule has 0 fully saturated rings. The highest BCUT2D eigenvalue weighted by Gasteiger charge is 2.17.